The first-order valence-electron chi connectivity index (χ1n) is 8.54. The summed E-state index contributed by atoms with van der Waals surface area (Å²) in [5, 5.41) is 8.77. The summed E-state index contributed by atoms with van der Waals surface area (Å²) in [5.74, 6) is 0.761. The summed E-state index contributed by atoms with van der Waals surface area (Å²) in [7, 11) is 1.81. The lowest BCUT2D eigenvalue weighted by Gasteiger charge is -2.33. The average Bonchev–Trinajstić information content (AvgIpc) is 3.31. The zero-order valence-corrected chi connectivity index (χ0v) is 15.5. The van der Waals surface area contributed by atoms with Crippen LogP contribution in [0, 0.1) is 0 Å². The molecule has 1 amide bonds. The lowest BCUT2D eigenvalue weighted by molar-refractivity contribution is -0.139. The molecule has 0 aliphatic carbocycles. The summed E-state index contributed by atoms with van der Waals surface area (Å²) in [5.41, 5.74) is 1.59. The quantitative estimate of drug-likeness (QED) is 0.682. The van der Waals surface area contributed by atoms with E-state index in [1.165, 1.54) is 0 Å². The van der Waals surface area contributed by atoms with Gasteiger partial charge in [0.15, 0.2) is 5.82 Å². The molecule has 3 aromatic rings. The van der Waals surface area contributed by atoms with Crippen molar-refractivity contribution >= 4 is 17.5 Å². The Kier molecular flexibility index (Phi) is 4.91. The monoisotopic (exact) mass is 387 g/mol. The number of carbonyl (C=O) groups excluding carboxylic acids is 1. The highest BCUT2D eigenvalue weighted by atomic mass is 35.5. The molecule has 1 aromatic carbocycles. The third-order valence-electron chi connectivity index (χ3n) is 4.38. The molecule has 0 radical (unpaired) electrons. The highest BCUT2D eigenvalue weighted by molar-refractivity contribution is 6.30. The summed E-state index contributed by atoms with van der Waals surface area (Å²) in [6.07, 6.45) is 3.69. The molecule has 2 aromatic heterocycles. The third-order valence-corrected chi connectivity index (χ3v) is 4.62. The number of aromatic nitrogens is 4. The van der Waals surface area contributed by atoms with Gasteiger partial charge >= 0.3 is 0 Å². The molecule has 0 spiro atoms. The molecule has 27 heavy (non-hydrogen) atoms. The lowest BCUT2D eigenvalue weighted by atomic mass is 10.1. The molecular weight excluding hydrogens is 370 g/mol. The van der Waals surface area contributed by atoms with Crippen LogP contribution in [0.3, 0.4) is 0 Å². The second-order valence-electron chi connectivity index (χ2n) is 6.34. The molecule has 3 heterocycles. The number of rotatable bonds is 4. The Labute approximate surface area is 160 Å². The van der Waals surface area contributed by atoms with Crippen molar-refractivity contribution in [3.05, 3.63) is 53.1 Å². The van der Waals surface area contributed by atoms with Crippen LogP contribution in [-0.2, 0) is 23.0 Å². The van der Waals surface area contributed by atoms with Gasteiger partial charge in [0.1, 0.15) is 6.04 Å². The minimum absolute atomic E-state index is 0.0294. The number of amides is 1. The minimum atomic E-state index is -0.389. The Bertz CT molecular complexity index is 954. The smallest absolute Gasteiger partial charge is 0.261 e. The van der Waals surface area contributed by atoms with Crippen molar-refractivity contribution in [2.45, 2.75) is 12.5 Å². The van der Waals surface area contributed by atoms with Gasteiger partial charge in [-0.05, 0) is 17.7 Å². The van der Waals surface area contributed by atoms with E-state index in [-0.39, 0.29) is 18.4 Å². The first-order chi connectivity index (χ1) is 13.1. The number of hydrogen-bond acceptors (Lipinski definition) is 6. The minimum Gasteiger partial charge on any atom is -0.377 e. The lowest BCUT2D eigenvalue weighted by Crippen LogP contribution is -2.44. The topological polar surface area (TPSA) is 86.3 Å². The van der Waals surface area contributed by atoms with Crippen LogP contribution in [0.2, 0.25) is 5.02 Å². The third kappa shape index (κ3) is 3.86. The number of hydrogen-bond donors (Lipinski definition) is 0. The fourth-order valence-electron chi connectivity index (χ4n) is 3.06. The van der Waals surface area contributed by atoms with E-state index in [0.717, 1.165) is 11.1 Å². The van der Waals surface area contributed by atoms with Crippen molar-refractivity contribution in [1.82, 2.24) is 24.8 Å². The van der Waals surface area contributed by atoms with Crippen molar-refractivity contribution in [2.24, 2.45) is 7.05 Å². The van der Waals surface area contributed by atoms with E-state index in [2.05, 4.69) is 15.2 Å². The maximum absolute atomic E-state index is 12.9. The second kappa shape index (κ2) is 7.50. The Morgan fingerprint density at radius 3 is 3.07 bits per heavy atom. The van der Waals surface area contributed by atoms with Crippen LogP contribution >= 0.6 is 11.6 Å². The van der Waals surface area contributed by atoms with Gasteiger partial charge in [-0.15, -0.1) is 0 Å². The van der Waals surface area contributed by atoms with Crippen LogP contribution in [0.25, 0.3) is 11.5 Å². The summed E-state index contributed by atoms with van der Waals surface area (Å²) in [4.78, 5) is 19.1. The zero-order valence-electron chi connectivity index (χ0n) is 14.7. The molecule has 1 atom stereocenters. The van der Waals surface area contributed by atoms with Crippen molar-refractivity contribution < 1.29 is 14.1 Å². The number of benzene rings is 1. The van der Waals surface area contributed by atoms with Gasteiger partial charge in [-0.1, -0.05) is 28.9 Å². The largest absolute Gasteiger partial charge is 0.377 e. The average molecular weight is 388 g/mol. The van der Waals surface area contributed by atoms with E-state index in [0.29, 0.717) is 36.5 Å². The molecular formula is C18H18ClN5O3. The fourth-order valence-corrected chi connectivity index (χ4v) is 3.27. The standard InChI is InChI=1S/C18H18ClN5O3/c1-23-10-13(9-20-23)18-21-17(22-27-18)15-11-26-6-5-24(15)16(25)8-12-3-2-4-14(19)7-12/h2-4,7,9-10,15H,5-6,8,11H2,1H3. The molecule has 8 nitrogen and oxygen atoms in total. The molecule has 1 unspecified atom stereocenters. The van der Waals surface area contributed by atoms with Crippen LogP contribution < -0.4 is 0 Å². The summed E-state index contributed by atoms with van der Waals surface area (Å²) in [6.45, 7) is 1.28. The number of nitrogens with zero attached hydrogens (tertiary/aromatic N) is 5. The predicted octanol–water partition coefficient (Wildman–Crippen LogP) is 2.27. The first-order valence-corrected chi connectivity index (χ1v) is 8.92. The molecule has 0 saturated carbocycles. The number of ether oxygens (including phenoxy) is 1. The van der Waals surface area contributed by atoms with Crippen molar-refractivity contribution in [1.29, 1.82) is 0 Å². The zero-order chi connectivity index (χ0) is 18.8. The molecule has 140 valence electrons. The molecule has 1 aliphatic heterocycles. The number of carbonyl (C=O) groups is 1. The van der Waals surface area contributed by atoms with Gasteiger partial charge in [0.2, 0.25) is 5.91 Å². The van der Waals surface area contributed by atoms with Crippen LogP contribution in [0.5, 0.6) is 0 Å². The molecule has 1 fully saturated rings. The Hall–Kier alpha value is -2.71. The van der Waals surface area contributed by atoms with E-state index in [9.17, 15) is 4.79 Å². The van der Waals surface area contributed by atoms with Gasteiger partial charge in [-0.2, -0.15) is 10.1 Å². The molecule has 9 heteroatoms. The van der Waals surface area contributed by atoms with Crippen LogP contribution in [0.15, 0.2) is 41.2 Å². The predicted molar refractivity (Wildman–Crippen MR) is 96.9 cm³/mol. The number of aryl methyl sites for hydroxylation is 1. The normalized spacial score (nSPS) is 17.3. The van der Waals surface area contributed by atoms with Gasteiger partial charge in [-0.3, -0.25) is 9.48 Å². The van der Waals surface area contributed by atoms with Crippen LogP contribution in [0.1, 0.15) is 17.4 Å². The van der Waals surface area contributed by atoms with E-state index >= 15 is 0 Å². The highest BCUT2D eigenvalue weighted by Gasteiger charge is 2.32. The van der Waals surface area contributed by atoms with E-state index in [1.807, 2.05) is 19.2 Å². The molecule has 1 aliphatic rings. The maximum atomic E-state index is 12.9. The molecule has 0 N–H and O–H groups in total. The number of morpholine rings is 1. The van der Waals surface area contributed by atoms with Gasteiger partial charge < -0.3 is 14.2 Å². The Morgan fingerprint density at radius 1 is 1.41 bits per heavy atom. The molecule has 4 rings (SSSR count). The van der Waals surface area contributed by atoms with Gasteiger partial charge in [-0.25, -0.2) is 0 Å². The highest BCUT2D eigenvalue weighted by Crippen LogP contribution is 2.26. The first kappa shape index (κ1) is 17.7. The van der Waals surface area contributed by atoms with Crippen LogP contribution in [-0.4, -0.2) is 50.5 Å². The van der Waals surface area contributed by atoms with Crippen molar-refractivity contribution in [3.63, 3.8) is 0 Å². The van der Waals surface area contributed by atoms with E-state index in [1.54, 1.807) is 34.1 Å². The van der Waals surface area contributed by atoms with Gasteiger partial charge in [0.05, 0.1) is 31.4 Å². The van der Waals surface area contributed by atoms with Gasteiger partial charge in [0, 0.05) is 24.8 Å². The van der Waals surface area contributed by atoms with Crippen molar-refractivity contribution in [2.75, 3.05) is 19.8 Å². The molecule has 0 bridgehead atoms. The molecule has 1 saturated heterocycles. The number of halogens is 1. The Balaban J connectivity index is 1.54. The van der Waals surface area contributed by atoms with Gasteiger partial charge in [0.25, 0.3) is 5.89 Å². The van der Waals surface area contributed by atoms with E-state index < -0.39 is 0 Å². The maximum Gasteiger partial charge on any atom is 0.261 e. The van der Waals surface area contributed by atoms with Crippen molar-refractivity contribution in [3.8, 4) is 11.5 Å². The SMILES string of the molecule is Cn1cc(-c2nc(C3COCCN3C(=O)Cc3cccc(Cl)c3)no2)cn1. The summed E-state index contributed by atoms with van der Waals surface area (Å²) in [6, 6.07) is 6.91. The summed E-state index contributed by atoms with van der Waals surface area (Å²) >= 11 is 6.02. The van der Waals surface area contributed by atoms with E-state index in [4.69, 9.17) is 20.9 Å². The fraction of sp³-hybridized carbons (Fsp3) is 0.333. The van der Waals surface area contributed by atoms with Crippen LogP contribution in [0.4, 0.5) is 0 Å². The summed E-state index contributed by atoms with van der Waals surface area (Å²) < 4.78 is 12.6. The Morgan fingerprint density at radius 2 is 2.30 bits per heavy atom. The second-order valence-corrected chi connectivity index (χ2v) is 6.78.